The molecule has 0 N–H and O–H groups in total. The van der Waals surface area contributed by atoms with Crippen molar-refractivity contribution in [1.29, 1.82) is 0 Å². The number of anilines is 1. The average molecular weight is 232 g/mol. The number of hydrogen-bond donors (Lipinski definition) is 0. The summed E-state index contributed by atoms with van der Waals surface area (Å²) in [7, 11) is 0. The molecule has 0 saturated carbocycles. The molecule has 1 aromatic rings. The van der Waals surface area contributed by atoms with E-state index < -0.39 is 0 Å². The van der Waals surface area contributed by atoms with Gasteiger partial charge in [0.05, 0.1) is 18.1 Å². The van der Waals surface area contributed by atoms with Crippen molar-refractivity contribution in [1.82, 2.24) is 14.9 Å². The van der Waals surface area contributed by atoms with Gasteiger partial charge in [0.2, 0.25) is 0 Å². The molecule has 1 aromatic heterocycles. The predicted molar refractivity (Wildman–Crippen MR) is 68.1 cm³/mol. The van der Waals surface area contributed by atoms with Crippen LogP contribution in [-0.4, -0.2) is 47.1 Å². The highest BCUT2D eigenvalue weighted by Crippen LogP contribution is 2.25. The lowest BCUT2D eigenvalue weighted by atomic mass is 9.99. The molecule has 4 rings (SSSR count). The van der Waals surface area contributed by atoms with Gasteiger partial charge in [-0.25, -0.2) is 9.97 Å². The lowest BCUT2D eigenvalue weighted by Crippen LogP contribution is -2.47. The fraction of sp³-hybridized carbons (Fsp3) is 0.692. The number of rotatable bonds is 1. The van der Waals surface area contributed by atoms with Gasteiger partial charge in [0.25, 0.3) is 0 Å². The minimum atomic E-state index is 0.698. The Labute approximate surface area is 103 Å². The maximum Gasteiger partial charge on any atom is 0.115 e. The quantitative estimate of drug-likeness (QED) is 0.735. The van der Waals surface area contributed by atoms with E-state index in [1.807, 2.05) is 12.4 Å². The Bertz CT molecular complexity index is 344. The van der Waals surface area contributed by atoms with Crippen LogP contribution in [0.1, 0.15) is 25.7 Å². The molecule has 3 aliphatic heterocycles. The Morgan fingerprint density at radius 3 is 2.35 bits per heavy atom. The normalized spacial score (nSPS) is 29.5. The Balaban J connectivity index is 1.83. The third-order valence-electron chi connectivity index (χ3n) is 4.00. The van der Waals surface area contributed by atoms with Gasteiger partial charge in [-0.15, -0.1) is 0 Å². The number of hydrogen-bond acceptors (Lipinski definition) is 4. The van der Waals surface area contributed by atoms with E-state index in [2.05, 4.69) is 19.8 Å². The monoisotopic (exact) mass is 232 g/mol. The third kappa shape index (κ3) is 2.41. The van der Waals surface area contributed by atoms with Crippen LogP contribution in [0.2, 0.25) is 0 Å². The largest absolute Gasteiger partial charge is 0.365 e. The summed E-state index contributed by atoms with van der Waals surface area (Å²) in [5.41, 5.74) is 1.20. The van der Waals surface area contributed by atoms with Gasteiger partial charge < -0.3 is 9.80 Å². The van der Waals surface area contributed by atoms with E-state index in [4.69, 9.17) is 0 Å². The van der Waals surface area contributed by atoms with Crippen LogP contribution >= 0.6 is 0 Å². The maximum atomic E-state index is 4.15. The molecule has 3 aliphatic rings. The predicted octanol–water partition coefficient (Wildman–Crippen LogP) is 1.54. The number of nitrogens with zero attached hydrogens (tertiary/aromatic N) is 4. The molecular formula is C13H20N4. The van der Waals surface area contributed by atoms with Crippen molar-refractivity contribution in [2.24, 2.45) is 0 Å². The Hall–Kier alpha value is -1.16. The highest BCUT2D eigenvalue weighted by Gasteiger charge is 2.25. The molecule has 4 heterocycles. The lowest BCUT2D eigenvalue weighted by molar-refractivity contribution is 0.217. The van der Waals surface area contributed by atoms with E-state index in [0.717, 1.165) is 6.54 Å². The topological polar surface area (TPSA) is 32.3 Å². The summed E-state index contributed by atoms with van der Waals surface area (Å²) in [4.78, 5) is 13.4. The van der Waals surface area contributed by atoms with Crippen LogP contribution in [0.4, 0.5) is 5.69 Å². The van der Waals surface area contributed by atoms with Crippen molar-refractivity contribution >= 4 is 5.69 Å². The van der Waals surface area contributed by atoms with Crippen LogP contribution in [0, 0.1) is 0 Å². The average Bonchev–Trinajstić information content (AvgIpc) is 2.28. The van der Waals surface area contributed by atoms with Gasteiger partial charge in [0.1, 0.15) is 6.33 Å². The van der Waals surface area contributed by atoms with E-state index in [0.29, 0.717) is 6.04 Å². The molecule has 17 heavy (non-hydrogen) atoms. The Morgan fingerprint density at radius 1 is 0.941 bits per heavy atom. The van der Waals surface area contributed by atoms with E-state index in [-0.39, 0.29) is 0 Å². The molecular weight excluding hydrogens is 212 g/mol. The minimum Gasteiger partial charge on any atom is -0.365 e. The molecule has 0 aromatic carbocycles. The third-order valence-corrected chi connectivity index (χ3v) is 4.00. The molecule has 4 heteroatoms. The van der Waals surface area contributed by atoms with Gasteiger partial charge in [0.15, 0.2) is 0 Å². The molecule has 0 spiro atoms. The lowest BCUT2D eigenvalue weighted by Gasteiger charge is -2.41. The highest BCUT2D eigenvalue weighted by atomic mass is 15.2. The fourth-order valence-electron chi connectivity index (χ4n) is 3.10. The van der Waals surface area contributed by atoms with Crippen molar-refractivity contribution in [3.63, 3.8) is 0 Å². The van der Waals surface area contributed by atoms with Gasteiger partial charge in [-0.3, -0.25) is 0 Å². The van der Waals surface area contributed by atoms with Gasteiger partial charge in [0, 0.05) is 19.1 Å². The summed E-state index contributed by atoms with van der Waals surface area (Å²) >= 11 is 0. The molecule has 0 radical (unpaired) electrons. The SMILES string of the molecule is c1ncc(N2CCN3CCCC2CCC3)cn1. The van der Waals surface area contributed by atoms with Crippen LogP contribution in [0.25, 0.3) is 0 Å². The summed E-state index contributed by atoms with van der Waals surface area (Å²) in [6, 6.07) is 0.698. The van der Waals surface area contributed by atoms with Gasteiger partial charge in [-0.2, -0.15) is 0 Å². The summed E-state index contributed by atoms with van der Waals surface area (Å²) < 4.78 is 0. The first-order chi connectivity index (χ1) is 8.43. The second-order valence-electron chi connectivity index (χ2n) is 5.07. The molecule has 0 amide bonds. The zero-order valence-corrected chi connectivity index (χ0v) is 10.3. The zero-order valence-electron chi connectivity index (χ0n) is 10.3. The zero-order chi connectivity index (χ0) is 11.5. The van der Waals surface area contributed by atoms with Crippen LogP contribution < -0.4 is 4.90 Å². The fourth-order valence-corrected chi connectivity index (χ4v) is 3.10. The molecule has 2 bridgehead atoms. The van der Waals surface area contributed by atoms with Gasteiger partial charge in [-0.05, 0) is 38.8 Å². The smallest absolute Gasteiger partial charge is 0.115 e. The summed E-state index contributed by atoms with van der Waals surface area (Å²) in [5.74, 6) is 0. The first-order valence-corrected chi connectivity index (χ1v) is 6.67. The second-order valence-corrected chi connectivity index (χ2v) is 5.07. The summed E-state index contributed by atoms with van der Waals surface area (Å²) in [6.45, 7) is 4.88. The van der Waals surface area contributed by atoms with Crippen LogP contribution in [0.5, 0.6) is 0 Å². The summed E-state index contributed by atoms with van der Waals surface area (Å²) in [5, 5.41) is 0. The van der Waals surface area contributed by atoms with Crippen LogP contribution in [0.3, 0.4) is 0 Å². The second kappa shape index (κ2) is 5.00. The molecule has 0 atom stereocenters. The van der Waals surface area contributed by atoms with E-state index in [9.17, 15) is 0 Å². The Morgan fingerprint density at radius 2 is 1.65 bits per heavy atom. The van der Waals surface area contributed by atoms with Crippen molar-refractivity contribution in [2.75, 3.05) is 31.1 Å². The molecule has 0 unspecified atom stereocenters. The highest BCUT2D eigenvalue weighted by molar-refractivity contribution is 5.43. The minimum absolute atomic E-state index is 0.698. The van der Waals surface area contributed by atoms with Crippen LogP contribution in [-0.2, 0) is 0 Å². The van der Waals surface area contributed by atoms with Crippen molar-refractivity contribution in [2.45, 2.75) is 31.7 Å². The van der Waals surface area contributed by atoms with Gasteiger partial charge in [-0.1, -0.05) is 0 Å². The standard InChI is InChI=1S/C13H20N4/c1-3-12-4-2-6-16(5-1)7-8-17(12)13-9-14-11-15-10-13/h9-12H,1-8H2. The maximum absolute atomic E-state index is 4.15. The number of aromatic nitrogens is 2. The molecule has 3 fully saturated rings. The molecule has 3 saturated heterocycles. The van der Waals surface area contributed by atoms with E-state index in [1.54, 1.807) is 6.33 Å². The first kappa shape index (κ1) is 11.0. The first-order valence-electron chi connectivity index (χ1n) is 6.67. The Kier molecular flexibility index (Phi) is 3.22. The molecule has 4 nitrogen and oxygen atoms in total. The molecule has 92 valence electrons. The van der Waals surface area contributed by atoms with Crippen molar-refractivity contribution in [3.8, 4) is 0 Å². The van der Waals surface area contributed by atoms with Crippen molar-refractivity contribution in [3.05, 3.63) is 18.7 Å². The van der Waals surface area contributed by atoms with Crippen LogP contribution in [0.15, 0.2) is 18.7 Å². The van der Waals surface area contributed by atoms with E-state index in [1.165, 1.54) is 51.0 Å². The summed E-state index contributed by atoms with van der Waals surface area (Å²) in [6.07, 6.45) is 10.8. The molecule has 0 aliphatic carbocycles. The van der Waals surface area contributed by atoms with E-state index >= 15 is 0 Å². The van der Waals surface area contributed by atoms with Gasteiger partial charge >= 0.3 is 0 Å². The number of fused-ring (bicyclic) bond motifs is 6. The van der Waals surface area contributed by atoms with Crippen molar-refractivity contribution < 1.29 is 0 Å².